The lowest BCUT2D eigenvalue weighted by Gasteiger charge is -2.22. The quantitative estimate of drug-likeness (QED) is 0.642. The van der Waals surface area contributed by atoms with Gasteiger partial charge in [0.2, 0.25) is 0 Å². The van der Waals surface area contributed by atoms with Crippen LogP contribution in [0.3, 0.4) is 0 Å². The minimum absolute atomic E-state index is 0.139. The standard InChI is InChI=1S/C13H28N2O2/c1-6-11(7-2)12(16)8-14-13(17)15-10(5)9(3)4/h9-12,16H,6-8H2,1-5H3,(H2,14,15,17). The highest BCUT2D eigenvalue weighted by atomic mass is 16.3. The van der Waals surface area contributed by atoms with Gasteiger partial charge in [-0.25, -0.2) is 4.79 Å². The molecular weight excluding hydrogens is 216 g/mol. The average molecular weight is 244 g/mol. The highest BCUT2D eigenvalue weighted by Crippen LogP contribution is 2.12. The Morgan fingerprint density at radius 1 is 1.18 bits per heavy atom. The van der Waals surface area contributed by atoms with E-state index in [1.165, 1.54) is 0 Å². The molecule has 0 aromatic heterocycles. The molecule has 3 N–H and O–H groups in total. The van der Waals surface area contributed by atoms with Gasteiger partial charge in [-0.3, -0.25) is 0 Å². The first-order valence-corrected chi connectivity index (χ1v) is 6.64. The fourth-order valence-corrected chi connectivity index (χ4v) is 1.62. The maximum atomic E-state index is 11.5. The predicted octanol–water partition coefficient (Wildman–Crippen LogP) is 2.13. The second kappa shape index (κ2) is 8.34. The van der Waals surface area contributed by atoms with Gasteiger partial charge in [-0.15, -0.1) is 0 Å². The van der Waals surface area contributed by atoms with Crippen molar-refractivity contribution < 1.29 is 9.90 Å². The smallest absolute Gasteiger partial charge is 0.315 e. The molecule has 2 amide bonds. The normalized spacial score (nSPS) is 14.8. The van der Waals surface area contributed by atoms with Gasteiger partial charge in [-0.1, -0.05) is 40.5 Å². The van der Waals surface area contributed by atoms with Gasteiger partial charge in [-0.2, -0.15) is 0 Å². The van der Waals surface area contributed by atoms with E-state index in [2.05, 4.69) is 38.3 Å². The van der Waals surface area contributed by atoms with Crippen LogP contribution in [-0.4, -0.2) is 29.8 Å². The van der Waals surface area contributed by atoms with Crippen LogP contribution in [0.15, 0.2) is 0 Å². The average Bonchev–Trinajstić information content (AvgIpc) is 2.27. The van der Waals surface area contributed by atoms with Crippen molar-refractivity contribution in [2.45, 2.75) is 59.6 Å². The van der Waals surface area contributed by atoms with Crippen LogP contribution in [0.4, 0.5) is 4.79 Å². The Balaban J connectivity index is 3.91. The molecule has 2 unspecified atom stereocenters. The van der Waals surface area contributed by atoms with Crippen molar-refractivity contribution in [3.8, 4) is 0 Å². The fourth-order valence-electron chi connectivity index (χ4n) is 1.62. The van der Waals surface area contributed by atoms with Crippen LogP contribution in [0, 0.1) is 11.8 Å². The summed E-state index contributed by atoms with van der Waals surface area (Å²) in [7, 11) is 0. The van der Waals surface area contributed by atoms with Gasteiger partial charge in [0.25, 0.3) is 0 Å². The van der Waals surface area contributed by atoms with E-state index in [1.54, 1.807) is 0 Å². The molecule has 4 nitrogen and oxygen atoms in total. The Labute approximate surface area is 105 Å². The lowest BCUT2D eigenvalue weighted by molar-refractivity contribution is 0.103. The Morgan fingerprint density at radius 3 is 2.12 bits per heavy atom. The first-order chi connectivity index (χ1) is 7.92. The number of aliphatic hydroxyl groups is 1. The molecule has 0 aliphatic heterocycles. The molecule has 0 radical (unpaired) electrons. The van der Waals surface area contributed by atoms with E-state index >= 15 is 0 Å². The molecule has 4 heteroatoms. The lowest BCUT2D eigenvalue weighted by Crippen LogP contribution is -2.46. The van der Waals surface area contributed by atoms with Gasteiger partial charge in [0.1, 0.15) is 0 Å². The van der Waals surface area contributed by atoms with Crippen LogP contribution in [0.1, 0.15) is 47.5 Å². The highest BCUT2D eigenvalue weighted by Gasteiger charge is 2.17. The molecule has 2 atom stereocenters. The summed E-state index contributed by atoms with van der Waals surface area (Å²) in [5.74, 6) is 0.669. The minimum Gasteiger partial charge on any atom is -0.391 e. The molecule has 0 saturated heterocycles. The molecule has 0 bridgehead atoms. The summed E-state index contributed by atoms with van der Waals surface area (Å²) >= 11 is 0. The fraction of sp³-hybridized carbons (Fsp3) is 0.923. The van der Waals surface area contributed by atoms with Gasteiger partial charge in [-0.05, 0) is 18.8 Å². The van der Waals surface area contributed by atoms with E-state index in [4.69, 9.17) is 0 Å². The predicted molar refractivity (Wildman–Crippen MR) is 70.9 cm³/mol. The molecule has 0 aromatic rings. The summed E-state index contributed by atoms with van der Waals surface area (Å²) in [5.41, 5.74) is 0. The largest absolute Gasteiger partial charge is 0.391 e. The van der Waals surface area contributed by atoms with E-state index in [0.29, 0.717) is 12.5 Å². The summed E-state index contributed by atoms with van der Waals surface area (Å²) in [6.07, 6.45) is 1.41. The van der Waals surface area contributed by atoms with E-state index < -0.39 is 6.10 Å². The van der Waals surface area contributed by atoms with E-state index in [1.807, 2.05) is 6.92 Å². The third-order valence-corrected chi connectivity index (χ3v) is 3.42. The van der Waals surface area contributed by atoms with Crippen LogP contribution in [0.25, 0.3) is 0 Å². The molecule has 0 aromatic carbocycles. The molecule has 0 heterocycles. The van der Waals surface area contributed by atoms with Crippen molar-refractivity contribution in [3.05, 3.63) is 0 Å². The zero-order valence-corrected chi connectivity index (χ0v) is 11.8. The zero-order valence-electron chi connectivity index (χ0n) is 11.8. The number of hydrogen-bond acceptors (Lipinski definition) is 2. The number of aliphatic hydroxyl groups excluding tert-OH is 1. The van der Waals surface area contributed by atoms with Crippen LogP contribution in [-0.2, 0) is 0 Å². The van der Waals surface area contributed by atoms with Gasteiger partial charge in [0.05, 0.1) is 6.10 Å². The molecule has 0 aliphatic carbocycles. The molecule has 0 fully saturated rings. The van der Waals surface area contributed by atoms with Crippen LogP contribution in [0.5, 0.6) is 0 Å². The van der Waals surface area contributed by atoms with Gasteiger partial charge < -0.3 is 15.7 Å². The number of carbonyl (C=O) groups excluding carboxylic acids is 1. The van der Waals surface area contributed by atoms with E-state index in [0.717, 1.165) is 12.8 Å². The highest BCUT2D eigenvalue weighted by molar-refractivity contribution is 5.74. The van der Waals surface area contributed by atoms with Crippen molar-refractivity contribution in [2.75, 3.05) is 6.54 Å². The van der Waals surface area contributed by atoms with Crippen molar-refractivity contribution in [3.63, 3.8) is 0 Å². The van der Waals surface area contributed by atoms with Crippen LogP contribution < -0.4 is 10.6 Å². The second-order valence-corrected chi connectivity index (χ2v) is 5.03. The summed E-state index contributed by atoms with van der Waals surface area (Å²) in [6, 6.07) is -0.0588. The van der Waals surface area contributed by atoms with Crippen LogP contribution >= 0.6 is 0 Å². The number of hydrogen-bond donors (Lipinski definition) is 3. The molecule has 17 heavy (non-hydrogen) atoms. The number of urea groups is 1. The maximum absolute atomic E-state index is 11.5. The van der Waals surface area contributed by atoms with Gasteiger partial charge in [0.15, 0.2) is 0 Å². The monoisotopic (exact) mass is 244 g/mol. The van der Waals surface area contributed by atoms with Gasteiger partial charge in [0, 0.05) is 12.6 Å². The summed E-state index contributed by atoms with van der Waals surface area (Å²) in [5, 5.41) is 15.4. The van der Waals surface area contributed by atoms with Crippen molar-refractivity contribution >= 4 is 6.03 Å². The first kappa shape index (κ1) is 16.2. The summed E-state index contributed by atoms with van der Waals surface area (Å²) in [6.45, 7) is 10.5. The number of carbonyl (C=O) groups is 1. The molecule has 102 valence electrons. The van der Waals surface area contributed by atoms with Crippen LogP contribution in [0.2, 0.25) is 0 Å². The third-order valence-electron chi connectivity index (χ3n) is 3.42. The minimum atomic E-state index is -0.454. The van der Waals surface area contributed by atoms with Gasteiger partial charge >= 0.3 is 6.03 Å². The third kappa shape index (κ3) is 6.51. The summed E-state index contributed by atoms with van der Waals surface area (Å²) < 4.78 is 0. The number of rotatable bonds is 7. The van der Waals surface area contributed by atoms with Crippen molar-refractivity contribution in [1.29, 1.82) is 0 Å². The molecule has 0 spiro atoms. The molecule has 0 aliphatic rings. The Morgan fingerprint density at radius 2 is 1.71 bits per heavy atom. The molecule has 0 saturated carbocycles. The Kier molecular flexibility index (Phi) is 7.96. The number of nitrogens with one attached hydrogen (secondary N) is 2. The Hall–Kier alpha value is -0.770. The SMILES string of the molecule is CCC(CC)C(O)CNC(=O)NC(C)C(C)C. The second-order valence-electron chi connectivity index (χ2n) is 5.03. The zero-order chi connectivity index (χ0) is 13.4. The first-order valence-electron chi connectivity index (χ1n) is 6.64. The van der Waals surface area contributed by atoms with Crippen molar-refractivity contribution in [1.82, 2.24) is 10.6 Å². The maximum Gasteiger partial charge on any atom is 0.315 e. The van der Waals surface area contributed by atoms with Crippen molar-refractivity contribution in [2.24, 2.45) is 11.8 Å². The molecule has 0 rings (SSSR count). The Bertz CT molecular complexity index is 215. The molecular formula is C13H28N2O2. The van der Waals surface area contributed by atoms with E-state index in [9.17, 15) is 9.90 Å². The summed E-state index contributed by atoms with van der Waals surface area (Å²) in [4.78, 5) is 11.5. The topological polar surface area (TPSA) is 61.4 Å². The van der Waals surface area contributed by atoms with E-state index in [-0.39, 0.29) is 18.0 Å². The lowest BCUT2D eigenvalue weighted by atomic mass is 9.97. The number of amides is 2.